The highest BCUT2D eigenvalue weighted by atomic mass is 31.2. The number of rotatable bonds is 5. The molecular weight excluding hydrogens is 359 g/mol. The van der Waals surface area contributed by atoms with E-state index in [1.807, 2.05) is 0 Å². The largest absolute Gasteiger partial charge is 0.493 e. The Morgan fingerprint density at radius 3 is 2.46 bits per heavy atom. The number of nitrogens with two attached hydrogens (primary N) is 1. The molecule has 1 unspecified atom stereocenters. The van der Waals surface area contributed by atoms with Crippen molar-refractivity contribution in [2.45, 2.75) is 36.6 Å². The van der Waals surface area contributed by atoms with Crippen LogP contribution >= 0.6 is 7.60 Å². The van der Waals surface area contributed by atoms with Gasteiger partial charge in [-0.25, -0.2) is 4.98 Å². The number of halogens is 2. The van der Waals surface area contributed by atoms with Gasteiger partial charge in [-0.2, -0.15) is 8.78 Å². The Balaban J connectivity index is 2.25. The lowest BCUT2D eigenvalue weighted by Gasteiger charge is -2.22. The van der Waals surface area contributed by atoms with Crippen LogP contribution in [0.5, 0.6) is 5.88 Å². The summed E-state index contributed by atoms with van der Waals surface area (Å²) in [6.45, 7) is 0. The Hall–Kier alpha value is -1.63. The van der Waals surface area contributed by atoms with Crippen LogP contribution in [0.15, 0.2) is 6.33 Å². The number of carbonyl (C=O) groups excluding carboxylic acids is 1. The first kappa shape index (κ1) is 18.7. The number of primary amides is 1. The summed E-state index contributed by atoms with van der Waals surface area (Å²) in [7, 11) is -5.81. The highest BCUT2D eigenvalue weighted by Crippen LogP contribution is 2.56. The number of carbonyl (C=O) groups is 1. The number of alkyl halides is 2. The molecule has 0 saturated carbocycles. The second-order valence-electron chi connectivity index (χ2n) is 5.15. The van der Waals surface area contributed by atoms with Gasteiger partial charge in [0.2, 0.25) is 5.88 Å². The summed E-state index contributed by atoms with van der Waals surface area (Å²) in [6, 6.07) is 0. The molecule has 1 fully saturated rings. The minimum atomic E-state index is -5.81. The van der Waals surface area contributed by atoms with E-state index in [9.17, 15) is 33.5 Å². The summed E-state index contributed by atoms with van der Waals surface area (Å²) < 4.78 is 43.3. The number of hydrogen-bond acceptors (Lipinski definition) is 7. The van der Waals surface area contributed by atoms with E-state index in [-0.39, 0.29) is 0 Å². The van der Waals surface area contributed by atoms with Gasteiger partial charge in [-0.15, -0.1) is 0 Å². The second kappa shape index (κ2) is 6.02. The fourth-order valence-electron chi connectivity index (χ4n) is 2.20. The fraction of sp³-hybridized carbons (Fsp3) is 0.600. The molecule has 4 atom stereocenters. The summed E-state index contributed by atoms with van der Waals surface area (Å²) in [5, 5.41) is 29.4. The van der Waals surface area contributed by atoms with Crippen LogP contribution in [0.1, 0.15) is 23.1 Å². The molecule has 7 N–H and O–H groups in total. The molecule has 1 aliphatic rings. The molecule has 1 aromatic heterocycles. The molecule has 0 radical (unpaired) electrons. The summed E-state index contributed by atoms with van der Waals surface area (Å²) in [5.41, 5.74) is -0.143. The predicted octanol–water partition coefficient (Wildman–Crippen LogP) is -1.53. The van der Waals surface area contributed by atoms with Crippen LogP contribution in [-0.4, -0.2) is 64.5 Å². The average Bonchev–Trinajstić information content (AvgIpc) is 2.93. The Kier molecular flexibility index (Phi) is 4.69. The van der Waals surface area contributed by atoms with Gasteiger partial charge in [0, 0.05) is 0 Å². The van der Waals surface area contributed by atoms with E-state index in [0.29, 0.717) is 4.57 Å². The van der Waals surface area contributed by atoms with Crippen molar-refractivity contribution in [2.75, 3.05) is 0 Å². The van der Waals surface area contributed by atoms with E-state index < -0.39 is 61.7 Å². The van der Waals surface area contributed by atoms with E-state index in [2.05, 4.69) is 4.98 Å². The highest BCUT2D eigenvalue weighted by Gasteiger charge is 2.55. The van der Waals surface area contributed by atoms with E-state index in [4.69, 9.17) is 20.3 Å². The number of aliphatic hydroxyl groups excluding tert-OH is 2. The number of aromatic nitrogens is 2. The highest BCUT2D eigenvalue weighted by molar-refractivity contribution is 7.53. The maximum Gasteiger partial charge on any atom is 0.394 e. The number of hydrogen-bond donors (Lipinski definition) is 6. The smallest absolute Gasteiger partial charge is 0.394 e. The number of imidazole rings is 1. The van der Waals surface area contributed by atoms with Gasteiger partial charge in [-0.1, -0.05) is 0 Å². The molecule has 1 aliphatic heterocycles. The maximum absolute atomic E-state index is 13.4. The molecule has 11 nitrogen and oxygen atoms in total. The molecule has 2 heterocycles. The van der Waals surface area contributed by atoms with Crippen LogP contribution in [0.25, 0.3) is 0 Å². The van der Waals surface area contributed by atoms with Crippen molar-refractivity contribution >= 4 is 13.5 Å². The van der Waals surface area contributed by atoms with Gasteiger partial charge >= 0.3 is 13.3 Å². The Bertz CT molecular complexity index is 692. The third-order valence-electron chi connectivity index (χ3n) is 3.49. The molecule has 2 rings (SSSR count). The fourth-order valence-corrected chi connectivity index (χ4v) is 2.62. The Morgan fingerprint density at radius 2 is 2.00 bits per heavy atom. The number of amides is 1. The van der Waals surface area contributed by atoms with Gasteiger partial charge in [0.15, 0.2) is 11.9 Å². The zero-order valence-electron chi connectivity index (χ0n) is 11.7. The number of aliphatic hydroxyl groups is 2. The van der Waals surface area contributed by atoms with Crippen LogP contribution in [-0.2, 0) is 9.30 Å². The Labute approximate surface area is 132 Å². The van der Waals surface area contributed by atoms with Crippen LogP contribution < -0.4 is 5.73 Å². The molecule has 0 aliphatic carbocycles. The number of nitrogens with zero attached hydrogens (tertiary/aromatic N) is 2. The first-order valence-electron chi connectivity index (χ1n) is 6.37. The van der Waals surface area contributed by atoms with Crippen molar-refractivity contribution in [1.29, 1.82) is 0 Å². The normalized spacial score (nSPS) is 28.2. The molecule has 1 amide bonds. The Morgan fingerprint density at radius 1 is 1.42 bits per heavy atom. The average molecular weight is 373 g/mol. The lowest BCUT2D eigenvalue weighted by molar-refractivity contribution is -0.0711. The van der Waals surface area contributed by atoms with Crippen LogP contribution in [0.4, 0.5) is 8.78 Å². The summed E-state index contributed by atoms with van der Waals surface area (Å²) in [4.78, 5) is 31.7. The molecule has 0 spiro atoms. The van der Waals surface area contributed by atoms with Gasteiger partial charge < -0.3 is 35.6 Å². The quantitative estimate of drug-likeness (QED) is 0.333. The van der Waals surface area contributed by atoms with Crippen molar-refractivity contribution < 1.29 is 48.0 Å². The second-order valence-corrected chi connectivity index (χ2v) is 6.89. The lowest BCUT2D eigenvalue weighted by atomic mass is 10.1. The molecule has 1 aromatic rings. The van der Waals surface area contributed by atoms with E-state index >= 15 is 0 Å². The summed E-state index contributed by atoms with van der Waals surface area (Å²) in [5.74, 6) is -1.94. The number of ether oxygens (including phenoxy) is 1. The van der Waals surface area contributed by atoms with Crippen molar-refractivity contribution in [3.63, 3.8) is 0 Å². The molecule has 14 heteroatoms. The zero-order valence-corrected chi connectivity index (χ0v) is 12.6. The third-order valence-corrected chi connectivity index (χ3v) is 4.52. The van der Waals surface area contributed by atoms with E-state index in [1.54, 1.807) is 0 Å². The lowest BCUT2D eigenvalue weighted by Crippen LogP contribution is -2.35. The van der Waals surface area contributed by atoms with Crippen LogP contribution in [0.2, 0.25) is 0 Å². The van der Waals surface area contributed by atoms with Gasteiger partial charge in [-0.05, 0) is 0 Å². The van der Waals surface area contributed by atoms with Gasteiger partial charge in [0.25, 0.3) is 5.91 Å². The first-order chi connectivity index (χ1) is 10.9. The molecule has 0 bridgehead atoms. The van der Waals surface area contributed by atoms with Gasteiger partial charge in [0.05, 0.1) is 12.5 Å². The van der Waals surface area contributed by atoms with Gasteiger partial charge in [-0.3, -0.25) is 13.9 Å². The topological polar surface area (TPSA) is 188 Å². The first-order valence-corrected chi connectivity index (χ1v) is 7.98. The third kappa shape index (κ3) is 3.14. The SMILES string of the molecule is NC(=O)c1ncn([C@@H]2O[C@H](CC(F)(F)P(=O)(O)O)[C@H](O)C2O)c1O. The van der Waals surface area contributed by atoms with E-state index in [1.165, 1.54) is 0 Å². The van der Waals surface area contributed by atoms with Crippen LogP contribution in [0.3, 0.4) is 0 Å². The minimum absolute atomic E-state index is 0.579. The molecule has 24 heavy (non-hydrogen) atoms. The van der Waals surface area contributed by atoms with Crippen LogP contribution in [0, 0.1) is 0 Å². The van der Waals surface area contributed by atoms with Crippen molar-refractivity contribution in [3.8, 4) is 5.88 Å². The number of aromatic hydroxyl groups is 1. The predicted molar refractivity (Wildman–Crippen MR) is 69.9 cm³/mol. The minimum Gasteiger partial charge on any atom is -0.493 e. The maximum atomic E-state index is 13.4. The van der Waals surface area contributed by atoms with Crippen molar-refractivity contribution in [3.05, 3.63) is 12.0 Å². The molecule has 136 valence electrons. The van der Waals surface area contributed by atoms with Gasteiger partial charge in [0.1, 0.15) is 18.5 Å². The molecule has 0 aromatic carbocycles. The standard InChI is InChI=1S/C10H14F2N3O8P/c11-10(12,24(20,21)22)1-3-5(16)6(17)9(23-3)15-2-14-4(7(13)18)8(15)19/h2-3,5-6,9,16-17,19H,1H2,(H2,13,18)(H2,20,21,22)/t3-,5+,6?,9-/m1/s1. The molecular formula is C10H14F2N3O8P. The zero-order chi connectivity index (χ0) is 18.4. The summed E-state index contributed by atoms with van der Waals surface area (Å²) in [6.07, 6.45) is -8.02. The van der Waals surface area contributed by atoms with Crippen molar-refractivity contribution in [2.24, 2.45) is 5.73 Å². The van der Waals surface area contributed by atoms with E-state index in [0.717, 1.165) is 6.33 Å². The van der Waals surface area contributed by atoms with Crippen molar-refractivity contribution in [1.82, 2.24) is 9.55 Å². The monoisotopic (exact) mass is 373 g/mol. The molecule has 1 saturated heterocycles. The summed E-state index contributed by atoms with van der Waals surface area (Å²) >= 11 is 0.